The summed E-state index contributed by atoms with van der Waals surface area (Å²) in [5.41, 5.74) is -0.396. The molecule has 0 aliphatic carbocycles. The quantitative estimate of drug-likeness (QED) is 0.852. The first-order valence-corrected chi connectivity index (χ1v) is 6.81. The number of hydrogen-bond donors (Lipinski definition) is 1. The highest BCUT2D eigenvalue weighted by atomic mass is 16.2. The van der Waals surface area contributed by atoms with E-state index in [0.717, 1.165) is 0 Å². The summed E-state index contributed by atoms with van der Waals surface area (Å²) >= 11 is 0. The minimum absolute atomic E-state index is 0.423. The Morgan fingerprint density at radius 1 is 1.10 bits per heavy atom. The predicted octanol–water partition coefficient (Wildman–Crippen LogP) is 1.66. The molecule has 2 amide bonds. The van der Waals surface area contributed by atoms with Gasteiger partial charge in [0, 0.05) is 5.41 Å². The fourth-order valence-electron chi connectivity index (χ4n) is 3.18. The smallest absolute Gasteiger partial charge is 0.244 e. The first-order chi connectivity index (χ1) is 10.1. The molecule has 1 fully saturated rings. The number of benzene rings is 1. The van der Waals surface area contributed by atoms with Crippen molar-refractivity contribution in [3.8, 4) is 12.1 Å². The van der Waals surface area contributed by atoms with Crippen LogP contribution in [0.1, 0.15) is 25.3 Å². The fourth-order valence-corrected chi connectivity index (χ4v) is 3.18. The number of nitriles is 2. The van der Waals surface area contributed by atoms with E-state index in [9.17, 15) is 20.1 Å². The first-order valence-electron chi connectivity index (χ1n) is 6.81. The zero-order valence-electron chi connectivity index (χ0n) is 11.7. The molecule has 1 heterocycles. The van der Waals surface area contributed by atoms with Crippen LogP contribution in [0.4, 0.5) is 0 Å². The topological polar surface area (TPSA) is 93.8 Å². The Bertz CT molecular complexity index is 608. The SMILES string of the molecule is CCCC1(c2ccccc2)[C@@H](C#N)C(=O)NC(=O)[C@@H]1C#N. The number of amides is 2. The molecule has 0 aromatic heterocycles. The summed E-state index contributed by atoms with van der Waals surface area (Å²) in [7, 11) is 0. The third kappa shape index (κ3) is 2.17. The van der Waals surface area contributed by atoms with Crippen molar-refractivity contribution in [3.05, 3.63) is 35.9 Å². The van der Waals surface area contributed by atoms with Gasteiger partial charge in [-0.3, -0.25) is 14.9 Å². The maximum absolute atomic E-state index is 12.1. The molecule has 0 bridgehead atoms. The van der Waals surface area contributed by atoms with Gasteiger partial charge in [-0.15, -0.1) is 0 Å². The van der Waals surface area contributed by atoms with E-state index in [1.807, 2.05) is 25.1 Å². The molecular formula is C16H15N3O2. The van der Waals surface area contributed by atoms with Crippen molar-refractivity contribution >= 4 is 11.8 Å². The van der Waals surface area contributed by atoms with Gasteiger partial charge < -0.3 is 0 Å². The molecule has 0 spiro atoms. The van der Waals surface area contributed by atoms with Crippen molar-refractivity contribution in [1.29, 1.82) is 10.5 Å². The van der Waals surface area contributed by atoms with Gasteiger partial charge in [0.15, 0.2) is 0 Å². The average Bonchev–Trinajstić information content (AvgIpc) is 2.48. The molecule has 5 heteroatoms. The standard InChI is InChI=1S/C16H15N3O2/c1-2-8-16(11-6-4-3-5-7-11)12(9-17)14(20)19-15(21)13(16)10-18/h3-7,12-13H,2,8H2,1H3,(H,19,20,21)/t12-,13-/m0/s1. The van der Waals surface area contributed by atoms with Crippen LogP contribution in [0.25, 0.3) is 0 Å². The highest BCUT2D eigenvalue weighted by Gasteiger charge is 2.56. The van der Waals surface area contributed by atoms with Gasteiger partial charge in [0.05, 0.1) is 12.1 Å². The van der Waals surface area contributed by atoms with Crippen molar-refractivity contribution in [2.45, 2.75) is 25.2 Å². The lowest BCUT2D eigenvalue weighted by molar-refractivity contribution is -0.141. The van der Waals surface area contributed by atoms with Crippen LogP contribution < -0.4 is 5.32 Å². The molecule has 1 aliphatic heterocycles. The lowest BCUT2D eigenvalue weighted by Crippen LogP contribution is -2.59. The molecular weight excluding hydrogens is 266 g/mol. The van der Waals surface area contributed by atoms with Crippen LogP contribution in [0.3, 0.4) is 0 Å². The monoisotopic (exact) mass is 281 g/mol. The Labute approximate surface area is 123 Å². The zero-order chi connectivity index (χ0) is 15.5. The van der Waals surface area contributed by atoms with Crippen molar-refractivity contribution in [2.24, 2.45) is 11.8 Å². The van der Waals surface area contributed by atoms with Crippen LogP contribution in [0.2, 0.25) is 0 Å². The van der Waals surface area contributed by atoms with E-state index in [0.29, 0.717) is 18.4 Å². The maximum Gasteiger partial charge on any atom is 0.244 e. The van der Waals surface area contributed by atoms with Crippen LogP contribution in [0, 0.1) is 34.5 Å². The van der Waals surface area contributed by atoms with Crippen LogP contribution in [-0.4, -0.2) is 11.8 Å². The number of carbonyl (C=O) groups excluding carboxylic acids is 2. The summed E-state index contributed by atoms with van der Waals surface area (Å²) in [5, 5.41) is 21.0. The lowest BCUT2D eigenvalue weighted by Gasteiger charge is -2.43. The summed E-state index contributed by atoms with van der Waals surface area (Å²) in [5.74, 6) is -3.35. The van der Waals surface area contributed by atoms with Gasteiger partial charge in [-0.25, -0.2) is 0 Å². The van der Waals surface area contributed by atoms with Crippen molar-refractivity contribution in [3.63, 3.8) is 0 Å². The summed E-state index contributed by atoms with van der Waals surface area (Å²) in [6.07, 6.45) is 1.08. The largest absolute Gasteiger partial charge is 0.294 e. The number of rotatable bonds is 3. The van der Waals surface area contributed by atoms with Gasteiger partial charge >= 0.3 is 0 Å². The molecule has 2 rings (SSSR count). The Hall–Kier alpha value is -2.66. The molecule has 1 aliphatic rings. The first kappa shape index (κ1) is 14.7. The van der Waals surface area contributed by atoms with E-state index in [-0.39, 0.29) is 0 Å². The van der Waals surface area contributed by atoms with Crippen molar-refractivity contribution in [1.82, 2.24) is 5.32 Å². The number of piperidine rings is 1. The van der Waals surface area contributed by atoms with Gasteiger partial charge in [0.25, 0.3) is 0 Å². The predicted molar refractivity (Wildman–Crippen MR) is 74.4 cm³/mol. The summed E-state index contributed by atoms with van der Waals surface area (Å²) in [4.78, 5) is 24.2. The number of imide groups is 1. The molecule has 1 aromatic rings. The Morgan fingerprint density at radius 3 is 2.05 bits per heavy atom. The number of nitrogens with zero attached hydrogens (tertiary/aromatic N) is 2. The van der Waals surface area contributed by atoms with E-state index in [2.05, 4.69) is 5.32 Å². The third-order valence-electron chi connectivity index (χ3n) is 4.03. The van der Waals surface area contributed by atoms with Crippen LogP contribution >= 0.6 is 0 Å². The number of carbonyl (C=O) groups is 2. The number of hydrogen-bond acceptors (Lipinski definition) is 4. The molecule has 0 radical (unpaired) electrons. The van der Waals surface area contributed by atoms with Gasteiger partial charge in [-0.05, 0) is 12.0 Å². The Kier molecular flexibility index (Phi) is 4.05. The second-order valence-corrected chi connectivity index (χ2v) is 5.13. The molecule has 2 atom stereocenters. The van der Waals surface area contributed by atoms with Gasteiger partial charge in [-0.1, -0.05) is 43.7 Å². The number of nitrogens with one attached hydrogen (secondary N) is 1. The molecule has 0 saturated carbocycles. The lowest BCUT2D eigenvalue weighted by atomic mass is 9.58. The van der Waals surface area contributed by atoms with Gasteiger partial charge in [-0.2, -0.15) is 10.5 Å². The molecule has 0 unspecified atom stereocenters. The van der Waals surface area contributed by atoms with Gasteiger partial charge in [0.1, 0.15) is 11.8 Å². The third-order valence-corrected chi connectivity index (χ3v) is 4.03. The van der Waals surface area contributed by atoms with Crippen molar-refractivity contribution < 1.29 is 9.59 Å². The molecule has 1 aromatic carbocycles. The van der Waals surface area contributed by atoms with E-state index in [1.165, 1.54) is 0 Å². The summed E-state index contributed by atoms with van der Waals surface area (Å²) in [6, 6.07) is 12.9. The normalized spacial score (nSPS) is 23.8. The summed E-state index contributed by atoms with van der Waals surface area (Å²) < 4.78 is 0. The van der Waals surface area contributed by atoms with E-state index in [1.54, 1.807) is 24.3 Å². The van der Waals surface area contributed by atoms with E-state index in [4.69, 9.17) is 0 Å². The minimum atomic E-state index is -1.08. The molecule has 106 valence electrons. The maximum atomic E-state index is 12.1. The zero-order valence-corrected chi connectivity index (χ0v) is 11.7. The highest BCUT2D eigenvalue weighted by Crippen LogP contribution is 2.45. The second-order valence-electron chi connectivity index (χ2n) is 5.13. The fraction of sp³-hybridized carbons (Fsp3) is 0.375. The highest BCUT2D eigenvalue weighted by molar-refractivity contribution is 6.04. The van der Waals surface area contributed by atoms with Crippen LogP contribution in [0.5, 0.6) is 0 Å². The van der Waals surface area contributed by atoms with Crippen LogP contribution in [0.15, 0.2) is 30.3 Å². The Morgan fingerprint density at radius 2 is 1.62 bits per heavy atom. The molecule has 5 nitrogen and oxygen atoms in total. The second kappa shape index (κ2) is 5.76. The molecule has 1 N–H and O–H groups in total. The molecule has 21 heavy (non-hydrogen) atoms. The summed E-state index contributed by atoms with van der Waals surface area (Å²) in [6.45, 7) is 1.91. The minimum Gasteiger partial charge on any atom is -0.294 e. The van der Waals surface area contributed by atoms with Crippen molar-refractivity contribution in [2.75, 3.05) is 0 Å². The van der Waals surface area contributed by atoms with Crippen LogP contribution in [-0.2, 0) is 15.0 Å². The molecule has 1 saturated heterocycles. The average molecular weight is 281 g/mol. The van der Waals surface area contributed by atoms with E-state index >= 15 is 0 Å². The van der Waals surface area contributed by atoms with Gasteiger partial charge in [0.2, 0.25) is 11.8 Å². The Balaban J connectivity index is 2.73. The van der Waals surface area contributed by atoms with E-state index < -0.39 is 29.1 Å².